The van der Waals surface area contributed by atoms with Crippen molar-refractivity contribution in [2.75, 3.05) is 12.0 Å². The normalized spacial score (nSPS) is 12.3. The molecule has 0 radical (unpaired) electrons. The molecule has 0 spiro atoms. The molecule has 0 aliphatic heterocycles. The number of para-hydroxylation sites is 2. The van der Waals surface area contributed by atoms with Gasteiger partial charge in [-0.15, -0.1) is 0 Å². The van der Waals surface area contributed by atoms with E-state index in [9.17, 15) is 13.6 Å². The lowest BCUT2D eigenvalue weighted by molar-refractivity contribution is -0.0498. The van der Waals surface area contributed by atoms with Gasteiger partial charge in [0, 0.05) is 5.56 Å². The molecule has 0 saturated heterocycles. The summed E-state index contributed by atoms with van der Waals surface area (Å²) < 4.78 is 29.1. The number of imidazole rings is 1. The molecule has 1 amide bonds. The van der Waals surface area contributed by atoms with Gasteiger partial charge in [-0.25, -0.2) is 4.98 Å². The highest BCUT2D eigenvalue weighted by atomic mass is 32.2. The van der Waals surface area contributed by atoms with Crippen LogP contribution in [0.3, 0.4) is 0 Å². The first-order chi connectivity index (χ1) is 13.1. The fourth-order valence-corrected chi connectivity index (χ4v) is 3.18. The molecule has 27 heavy (non-hydrogen) atoms. The molecule has 0 saturated carbocycles. The van der Waals surface area contributed by atoms with Gasteiger partial charge in [-0.2, -0.15) is 20.5 Å². The molecule has 2 aromatic carbocycles. The zero-order valence-electron chi connectivity index (χ0n) is 14.6. The lowest BCUT2D eigenvalue weighted by Gasteiger charge is -2.16. The number of alkyl halides is 2. The Kier molecular flexibility index (Phi) is 6.28. The van der Waals surface area contributed by atoms with Crippen LogP contribution in [-0.2, 0) is 0 Å². The van der Waals surface area contributed by atoms with Crippen LogP contribution >= 0.6 is 11.8 Å². The molecule has 1 heterocycles. The fourth-order valence-electron chi connectivity index (χ4n) is 2.71. The van der Waals surface area contributed by atoms with Crippen LogP contribution in [0.15, 0.2) is 48.5 Å². The Hall–Kier alpha value is -2.61. The zero-order valence-corrected chi connectivity index (χ0v) is 15.4. The van der Waals surface area contributed by atoms with Gasteiger partial charge in [-0.1, -0.05) is 18.2 Å². The Morgan fingerprint density at radius 2 is 2.07 bits per heavy atom. The zero-order chi connectivity index (χ0) is 19.2. The lowest BCUT2D eigenvalue weighted by Crippen LogP contribution is -2.29. The molecule has 1 aromatic heterocycles. The first kappa shape index (κ1) is 19.2. The number of thioether (sulfide) groups is 1. The topological polar surface area (TPSA) is 67.0 Å². The van der Waals surface area contributed by atoms with E-state index in [0.29, 0.717) is 12.2 Å². The molecule has 142 valence electrons. The van der Waals surface area contributed by atoms with Crippen molar-refractivity contribution in [2.45, 2.75) is 19.1 Å². The Bertz CT molecular complexity index is 884. The number of fused-ring (bicyclic) bond motifs is 1. The van der Waals surface area contributed by atoms with E-state index >= 15 is 0 Å². The number of aromatic amines is 1. The molecular weight excluding hydrogens is 372 g/mol. The number of rotatable bonds is 8. The first-order valence-electron chi connectivity index (χ1n) is 8.36. The summed E-state index contributed by atoms with van der Waals surface area (Å²) in [6.07, 6.45) is 2.67. The van der Waals surface area contributed by atoms with Crippen LogP contribution in [0.2, 0.25) is 0 Å². The summed E-state index contributed by atoms with van der Waals surface area (Å²) in [6, 6.07) is 13.0. The third-order valence-electron chi connectivity index (χ3n) is 3.98. The van der Waals surface area contributed by atoms with Gasteiger partial charge in [0.2, 0.25) is 0 Å². The number of hydrogen-bond acceptors (Lipinski definition) is 4. The SMILES string of the molecule is CSCC[C@H](NC(=O)c1cccc(OC(F)F)c1)c1nc2ccccc2[nH]1. The average molecular weight is 391 g/mol. The van der Waals surface area contributed by atoms with Crippen molar-refractivity contribution in [3.05, 3.63) is 59.9 Å². The van der Waals surface area contributed by atoms with E-state index in [1.807, 2.05) is 30.5 Å². The Labute approximate surface area is 159 Å². The molecular formula is C19H19F2N3O2S. The number of nitrogens with zero attached hydrogens (tertiary/aromatic N) is 1. The summed E-state index contributed by atoms with van der Waals surface area (Å²) in [5, 5.41) is 2.94. The van der Waals surface area contributed by atoms with Crippen molar-refractivity contribution < 1.29 is 18.3 Å². The van der Waals surface area contributed by atoms with Crippen molar-refractivity contribution in [2.24, 2.45) is 0 Å². The van der Waals surface area contributed by atoms with E-state index < -0.39 is 6.61 Å². The predicted molar refractivity (Wildman–Crippen MR) is 102 cm³/mol. The summed E-state index contributed by atoms with van der Waals surface area (Å²) in [6.45, 7) is -2.94. The summed E-state index contributed by atoms with van der Waals surface area (Å²) >= 11 is 1.67. The lowest BCUT2D eigenvalue weighted by atomic mass is 10.1. The average Bonchev–Trinajstić information content (AvgIpc) is 3.08. The van der Waals surface area contributed by atoms with E-state index in [4.69, 9.17) is 0 Å². The number of carbonyl (C=O) groups is 1. The quantitative estimate of drug-likeness (QED) is 0.598. The Balaban J connectivity index is 1.80. The van der Waals surface area contributed by atoms with E-state index in [1.54, 1.807) is 17.8 Å². The number of ether oxygens (including phenoxy) is 1. The van der Waals surface area contributed by atoms with Crippen LogP contribution in [0, 0.1) is 0 Å². The number of hydrogen-bond donors (Lipinski definition) is 2. The molecule has 2 N–H and O–H groups in total. The molecule has 3 aromatic rings. The van der Waals surface area contributed by atoms with Crippen LogP contribution in [-0.4, -0.2) is 34.5 Å². The Morgan fingerprint density at radius 3 is 2.81 bits per heavy atom. The van der Waals surface area contributed by atoms with E-state index in [0.717, 1.165) is 16.8 Å². The largest absolute Gasteiger partial charge is 0.435 e. The summed E-state index contributed by atoms with van der Waals surface area (Å²) in [7, 11) is 0. The highest BCUT2D eigenvalue weighted by Crippen LogP contribution is 2.22. The first-order valence-corrected chi connectivity index (χ1v) is 9.75. The smallest absolute Gasteiger partial charge is 0.387 e. The van der Waals surface area contributed by atoms with Crippen LogP contribution in [0.1, 0.15) is 28.6 Å². The number of aromatic nitrogens is 2. The van der Waals surface area contributed by atoms with Gasteiger partial charge in [0.25, 0.3) is 5.91 Å². The van der Waals surface area contributed by atoms with E-state index in [-0.39, 0.29) is 23.3 Å². The molecule has 0 unspecified atom stereocenters. The molecule has 5 nitrogen and oxygen atoms in total. The second kappa shape index (κ2) is 8.85. The van der Waals surface area contributed by atoms with Crippen molar-refractivity contribution >= 4 is 28.7 Å². The number of halogens is 2. The van der Waals surface area contributed by atoms with Crippen LogP contribution < -0.4 is 10.1 Å². The number of amides is 1. The Morgan fingerprint density at radius 1 is 1.26 bits per heavy atom. The van der Waals surface area contributed by atoms with Crippen LogP contribution in [0.5, 0.6) is 5.75 Å². The standard InChI is InChI=1S/C19H19F2N3O2S/c1-27-10-9-16(17-22-14-7-2-3-8-15(14)23-17)24-18(25)12-5-4-6-13(11-12)26-19(20)21/h2-8,11,16,19H,9-10H2,1H3,(H,22,23)(H,24,25)/t16-/m0/s1. The van der Waals surface area contributed by atoms with Gasteiger partial charge in [0.05, 0.1) is 17.1 Å². The maximum Gasteiger partial charge on any atom is 0.387 e. The second-order valence-electron chi connectivity index (χ2n) is 5.85. The molecule has 8 heteroatoms. The van der Waals surface area contributed by atoms with Crippen molar-refractivity contribution in [3.8, 4) is 5.75 Å². The minimum atomic E-state index is -2.94. The molecule has 0 aliphatic rings. The van der Waals surface area contributed by atoms with Gasteiger partial charge in [-0.3, -0.25) is 4.79 Å². The molecule has 1 atom stereocenters. The van der Waals surface area contributed by atoms with Gasteiger partial charge in [0.15, 0.2) is 0 Å². The number of benzene rings is 2. The van der Waals surface area contributed by atoms with Crippen molar-refractivity contribution in [3.63, 3.8) is 0 Å². The molecule has 3 rings (SSSR count). The van der Waals surface area contributed by atoms with E-state index in [2.05, 4.69) is 20.0 Å². The van der Waals surface area contributed by atoms with Gasteiger partial charge in [-0.05, 0) is 48.8 Å². The van der Waals surface area contributed by atoms with Crippen LogP contribution in [0.4, 0.5) is 8.78 Å². The maximum atomic E-state index is 12.6. The summed E-state index contributed by atoms with van der Waals surface area (Å²) in [4.78, 5) is 20.4. The van der Waals surface area contributed by atoms with Gasteiger partial charge >= 0.3 is 6.61 Å². The predicted octanol–water partition coefficient (Wildman–Crippen LogP) is 4.39. The van der Waals surface area contributed by atoms with Gasteiger partial charge < -0.3 is 15.0 Å². The van der Waals surface area contributed by atoms with Crippen LogP contribution in [0.25, 0.3) is 11.0 Å². The van der Waals surface area contributed by atoms with E-state index in [1.165, 1.54) is 18.2 Å². The summed E-state index contributed by atoms with van der Waals surface area (Å²) in [5.74, 6) is 1.07. The minimum Gasteiger partial charge on any atom is -0.435 e. The number of H-pyrrole nitrogens is 1. The minimum absolute atomic E-state index is 0.0537. The highest BCUT2D eigenvalue weighted by Gasteiger charge is 2.19. The number of carbonyl (C=O) groups excluding carboxylic acids is 1. The number of nitrogens with one attached hydrogen (secondary N) is 2. The summed E-state index contributed by atoms with van der Waals surface area (Å²) in [5.41, 5.74) is 1.96. The highest BCUT2D eigenvalue weighted by molar-refractivity contribution is 7.98. The third-order valence-corrected chi connectivity index (χ3v) is 4.62. The van der Waals surface area contributed by atoms with Gasteiger partial charge in [0.1, 0.15) is 11.6 Å². The monoisotopic (exact) mass is 391 g/mol. The second-order valence-corrected chi connectivity index (χ2v) is 6.84. The maximum absolute atomic E-state index is 12.6. The third kappa shape index (κ3) is 4.97. The fraction of sp³-hybridized carbons (Fsp3) is 0.263. The van der Waals surface area contributed by atoms with Crippen molar-refractivity contribution in [1.29, 1.82) is 0 Å². The van der Waals surface area contributed by atoms with Crippen molar-refractivity contribution in [1.82, 2.24) is 15.3 Å². The molecule has 0 fully saturated rings. The molecule has 0 aliphatic carbocycles. The molecule has 0 bridgehead atoms.